The average molecular weight is 692 g/mol. The quantitative estimate of drug-likeness (QED) is 0.172. The Kier molecular flexibility index (Phi) is 7.93. The van der Waals surface area contributed by atoms with Gasteiger partial charge in [0, 0.05) is 16.3 Å². The lowest BCUT2D eigenvalue weighted by atomic mass is 9.98. The molecule has 7 aromatic rings. The second-order valence-corrected chi connectivity index (χ2v) is 12.6. The fraction of sp³-hybridized carbons (Fsp3) is 0.150. The van der Waals surface area contributed by atoms with Gasteiger partial charge in [0.25, 0.3) is 0 Å². The molecule has 0 amide bonds. The third-order valence-corrected chi connectivity index (χ3v) is 8.71. The first-order valence-electron chi connectivity index (χ1n) is 15.8. The van der Waals surface area contributed by atoms with Crippen LogP contribution in [0.3, 0.4) is 0 Å². The summed E-state index contributed by atoms with van der Waals surface area (Å²) in [6.07, 6.45) is -9.10. The van der Waals surface area contributed by atoms with Crippen LogP contribution < -0.4 is 0 Å². The number of aryl methyl sites for hydroxylation is 4. The van der Waals surface area contributed by atoms with E-state index in [1.165, 1.54) is 0 Å². The van der Waals surface area contributed by atoms with Crippen molar-refractivity contribution in [1.29, 1.82) is 5.26 Å². The fourth-order valence-electron chi connectivity index (χ4n) is 6.58. The minimum absolute atomic E-state index is 0.320. The van der Waals surface area contributed by atoms with Gasteiger partial charge in [-0.05, 0) is 116 Å². The first-order valence-corrected chi connectivity index (χ1v) is 15.8. The molecule has 0 saturated heterocycles. The zero-order valence-corrected chi connectivity index (χ0v) is 27.7. The lowest BCUT2D eigenvalue weighted by molar-refractivity contribution is -0.138. The van der Waals surface area contributed by atoms with Crippen molar-refractivity contribution in [2.45, 2.75) is 40.0 Å². The summed E-state index contributed by atoms with van der Waals surface area (Å²) in [4.78, 5) is 13.4. The smallest absolute Gasteiger partial charge is 0.308 e. The summed E-state index contributed by atoms with van der Waals surface area (Å²) < 4.78 is 85.0. The van der Waals surface area contributed by atoms with Crippen molar-refractivity contribution in [3.63, 3.8) is 0 Å². The first kappa shape index (κ1) is 33.5. The number of benzene rings is 5. The number of halogens is 6. The molecule has 0 radical (unpaired) electrons. The molecular formula is C40H27F6N5. The van der Waals surface area contributed by atoms with Gasteiger partial charge in [-0.1, -0.05) is 36.4 Å². The molecule has 5 nitrogen and oxygen atoms in total. The number of hydrogen-bond acceptors (Lipinski definition) is 4. The second kappa shape index (κ2) is 12.1. The minimum Gasteiger partial charge on any atom is -0.308 e. The van der Waals surface area contributed by atoms with Crippen molar-refractivity contribution >= 4 is 21.8 Å². The third-order valence-electron chi connectivity index (χ3n) is 8.71. The van der Waals surface area contributed by atoms with Crippen molar-refractivity contribution < 1.29 is 26.3 Å². The Morgan fingerprint density at radius 1 is 0.549 bits per heavy atom. The Hall–Kier alpha value is -6.02. The van der Waals surface area contributed by atoms with E-state index in [2.05, 4.69) is 21.0 Å². The molecule has 0 aliphatic rings. The molecule has 7 rings (SSSR count). The maximum absolute atomic E-state index is 13.9. The highest BCUT2D eigenvalue weighted by atomic mass is 19.4. The van der Waals surface area contributed by atoms with Gasteiger partial charge < -0.3 is 4.57 Å². The lowest BCUT2D eigenvalue weighted by Gasteiger charge is -2.16. The third kappa shape index (κ3) is 6.29. The van der Waals surface area contributed by atoms with Crippen LogP contribution in [-0.2, 0) is 12.4 Å². The zero-order valence-electron chi connectivity index (χ0n) is 27.7. The maximum atomic E-state index is 13.9. The van der Waals surface area contributed by atoms with Gasteiger partial charge in [-0.2, -0.15) is 31.6 Å². The van der Waals surface area contributed by atoms with Crippen LogP contribution in [0.5, 0.6) is 0 Å². The second-order valence-electron chi connectivity index (χ2n) is 12.6. The van der Waals surface area contributed by atoms with Crippen molar-refractivity contribution in [3.8, 4) is 45.4 Å². The molecule has 11 heteroatoms. The van der Waals surface area contributed by atoms with Crippen LogP contribution in [0, 0.1) is 39.0 Å². The molecule has 0 saturated carbocycles. The molecule has 0 spiro atoms. The molecule has 0 N–H and O–H groups in total. The van der Waals surface area contributed by atoms with E-state index in [1.807, 2.05) is 16.7 Å². The van der Waals surface area contributed by atoms with Crippen LogP contribution in [0.1, 0.15) is 39.5 Å². The first-order chi connectivity index (χ1) is 24.1. The molecule has 0 fully saturated rings. The van der Waals surface area contributed by atoms with Crippen LogP contribution in [-0.4, -0.2) is 19.5 Å². The number of alkyl halides is 6. The predicted octanol–water partition coefficient (Wildman–Crippen LogP) is 11.1. The summed E-state index contributed by atoms with van der Waals surface area (Å²) in [5, 5.41) is 11.4. The van der Waals surface area contributed by atoms with Crippen LogP contribution in [0.15, 0.2) is 91.0 Å². The summed E-state index contributed by atoms with van der Waals surface area (Å²) in [6.45, 7) is 6.66. The Bertz CT molecular complexity index is 2430. The summed E-state index contributed by atoms with van der Waals surface area (Å²) >= 11 is 0. The molecule has 0 aliphatic heterocycles. The molecular weight excluding hydrogens is 664 g/mol. The van der Waals surface area contributed by atoms with E-state index in [1.54, 1.807) is 82.3 Å². The van der Waals surface area contributed by atoms with Crippen LogP contribution in [0.4, 0.5) is 26.3 Å². The Balaban J connectivity index is 1.58. The zero-order chi connectivity index (χ0) is 36.4. The van der Waals surface area contributed by atoms with E-state index >= 15 is 0 Å². The van der Waals surface area contributed by atoms with Crippen molar-refractivity contribution in [2.24, 2.45) is 0 Å². The van der Waals surface area contributed by atoms with Crippen molar-refractivity contribution in [1.82, 2.24) is 19.5 Å². The monoisotopic (exact) mass is 691 g/mol. The molecule has 0 unspecified atom stereocenters. The molecule has 51 heavy (non-hydrogen) atoms. The normalized spacial score (nSPS) is 12.1. The largest absolute Gasteiger partial charge is 0.416 e. The number of nitriles is 1. The summed E-state index contributed by atoms with van der Waals surface area (Å²) in [6, 6.07) is 25.6. The number of nitrogens with zero attached hydrogens (tertiary/aromatic N) is 5. The van der Waals surface area contributed by atoms with E-state index in [-0.39, 0.29) is 0 Å². The summed E-state index contributed by atoms with van der Waals surface area (Å²) in [7, 11) is 0. The molecule has 2 aromatic heterocycles. The molecule has 254 valence electrons. The van der Waals surface area contributed by atoms with E-state index in [0.29, 0.717) is 78.7 Å². The van der Waals surface area contributed by atoms with Crippen molar-refractivity contribution in [3.05, 3.63) is 130 Å². The number of fused-ring (bicyclic) bond motifs is 3. The highest BCUT2D eigenvalue weighted by molar-refractivity contribution is 6.11. The molecule has 2 heterocycles. The van der Waals surface area contributed by atoms with E-state index in [4.69, 9.17) is 0 Å². The van der Waals surface area contributed by atoms with Crippen LogP contribution in [0.25, 0.3) is 61.1 Å². The standard InChI is InChI=1S/C40H27F6N5/c1-21-11-28(16-30(13-21)39(41,42)43)26-6-9-32-33-10-7-27(29-12-22(2)14-31(17-29)40(44,45)46)19-37(33)51(36(32)18-26)35-15-25(20-47)5-8-34(35)38-49-23(3)48-24(4)50-38/h5-19H,1-4H3. The van der Waals surface area contributed by atoms with Gasteiger partial charge >= 0.3 is 12.4 Å². The Morgan fingerprint density at radius 2 is 1.04 bits per heavy atom. The van der Waals surface area contributed by atoms with Crippen LogP contribution >= 0.6 is 0 Å². The minimum atomic E-state index is -4.55. The van der Waals surface area contributed by atoms with Gasteiger partial charge in [0.2, 0.25) is 0 Å². The number of aromatic nitrogens is 4. The highest BCUT2D eigenvalue weighted by Gasteiger charge is 2.32. The number of rotatable bonds is 4. The Morgan fingerprint density at radius 3 is 1.49 bits per heavy atom. The SMILES string of the molecule is Cc1cc(-c2ccc3c4ccc(-c5cc(C)cc(C(F)(F)F)c5)cc4n(-c4cc(C#N)ccc4-c4nc(C)nc(C)n4)c3c2)cc(C(F)(F)F)c1. The van der Waals surface area contributed by atoms with Gasteiger partial charge in [-0.25, -0.2) is 15.0 Å². The summed E-state index contributed by atoms with van der Waals surface area (Å²) in [5.41, 5.74) is 3.61. The average Bonchev–Trinajstić information content (AvgIpc) is 3.39. The summed E-state index contributed by atoms with van der Waals surface area (Å²) in [5.74, 6) is 1.28. The van der Waals surface area contributed by atoms with Gasteiger partial charge in [-0.15, -0.1) is 0 Å². The van der Waals surface area contributed by atoms with Gasteiger partial charge in [0.15, 0.2) is 5.82 Å². The van der Waals surface area contributed by atoms with Gasteiger partial charge in [-0.3, -0.25) is 0 Å². The lowest BCUT2D eigenvalue weighted by Crippen LogP contribution is -2.05. The fourth-order valence-corrected chi connectivity index (χ4v) is 6.58. The van der Waals surface area contributed by atoms with E-state index in [0.717, 1.165) is 35.0 Å². The topological polar surface area (TPSA) is 67.4 Å². The predicted molar refractivity (Wildman–Crippen MR) is 184 cm³/mol. The van der Waals surface area contributed by atoms with Crippen molar-refractivity contribution in [2.75, 3.05) is 0 Å². The van der Waals surface area contributed by atoms with Gasteiger partial charge in [0.05, 0.1) is 39.5 Å². The molecule has 0 bridgehead atoms. The van der Waals surface area contributed by atoms with E-state index in [9.17, 15) is 31.6 Å². The van der Waals surface area contributed by atoms with Gasteiger partial charge in [0.1, 0.15) is 11.6 Å². The highest BCUT2D eigenvalue weighted by Crippen LogP contribution is 2.41. The van der Waals surface area contributed by atoms with Crippen LogP contribution in [0.2, 0.25) is 0 Å². The Labute approximate surface area is 288 Å². The number of hydrogen-bond donors (Lipinski definition) is 0. The van der Waals surface area contributed by atoms with E-state index < -0.39 is 23.5 Å². The molecule has 0 atom stereocenters. The molecule has 5 aromatic carbocycles. The molecule has 0 aliphatic carbocycles. The maximum Gasteiger partial charge on any atom is 0.416 e.